The quantitative estimate of drug-likeness (QED) is 0.773. The van der Waals surface area contributed by atoms with Crippen LogP contribution in [0.4, 0.5) is 4.79 Å². The van der Waals surface area contributed by atoms with E-state index in [1.807, 2.05) is 11.0 Å². The van der Waals surface area contributed by atoms with E-state index < -0.39 is 0 Å². The van der Waals surface area contributed by atoms with Crippen molar-refractivity contribution in [3.8, 4) is 0 Å². The maximum Gasteiger partial charge on any atom is 0.315 e. The molecule has 0 unspecified atom stereocenters. The Kier molecular flexibility index (Phi) is 7.51. The molecule has 0 aromatic heterocycles. The van der Waals surface area contributed by atoms with Gasteiger partial charge in [0.2, 0.25) is 5.91 Å². The summed E-state index contributed by atoms with van der Waals surface area (Å²) in [6, 6.07) is 8.10. The minimum absolute atomic E-state index is 0.139. The number of rotatable bonds is 7. The number of hydrogen-bond acceptors (Lipinski definition) is 3. The van der Waals surface area contributed by atoms with E-state index in [2.05, 4.69) is 33.7 Å². The summed E-state index contributed by atoms with van der Waals surface area (Å²) in [5.74, 6) is 0.139. The van der Waals surface area contributed by atoms with Crippen LogP contribution in [-0.4, -0.2) is 54.5 Å². The van der Waals surface area contributed by atoms with Gasteiger partial charge in [0.25, 0.3) is 0 Å². The fourth-order valence-corrected chi connectivity index (χ4v) is 3.89. The third-order valence-electron chi connectivity index (χ3n) is 5.48. The molecule has 148 valence electrons. The molecular formula is C21H32N4O2. The molecule has 0 bridgehead atoms. The van der Waals surface area contributed by atoms with Gasteiger partial charge in [-0.1, -0.05) is 30.7 Å². The summed E-state index contributed by atoms with van der Waals surface area (Å²) in [5, 5.41) is 5.73. The SMILES string of the molecule is O=C(NCCC(=O)N1CCCC1)NCc1ccccc1CN1CCCCC1. The second kappa shape index (κ2) is 10.3. The number of benzene rings is 1. The molecule has 2 N–H and O–H groups in total. The van der Waals surface area contributed by atoms with E-state index in [4.69, 9.17) is 0 Å². The van der Waals surface area contributed by atoms with Crippen LogP contribution in [0.15, 0.2) is 24.3 Å². The van der Waals surface area contributed by atoms with E-state index in [1.165, 1.54) is 24.8 Å². The van der Waals surface area contributed by atoms with Crippen LogP contribution in [0, 0.1) is 0 Å². The Balaban J connectivity index is 1.39. The van der Waals surface area contributed by atoms with Gasteiger partial charge in [-0.15, -0.1) is 0 Å². The minimum Gasteiger partial charge on any atom is -0.343 e. The molecule has 27 heavy (non-hydrogen) atoms. The zero-order valence-electron chi connectivity index (χ0n) is 16.2. The molecule has 0 radical (unpaired) electrons. The highest BCUT2D eigenvalue weighted by Crippen LogP contribution is 2.16. The number of piperidine rings is 1. The summed E-state index contributed by atoms with van der Waals surface area (Å²) in [6.07, 6.45) is 6.45. The monoisotopic (exact) mass is 372 g/mol. The lowest BCUT2D eigenvalue weighted by Gasteiger charge is -2.27. The summed E-state index contributed by atoms with van der Waals surface area (Å²) in [4.78, 5) is 28.4. The standard InChI is InChI=1S/C21H32N4O2/c26-20(25-14-6-7-15-25)10-11-22-21(27)23-16-18-8-2-3-9-19(18)17-24-12-4-1-5-13-24/h2-3,8-9H,1,4-7,10-17H2,(H2,22,23,27). The highest BCUT2D eigenvalue weighted by Gasteiger charge is 2.17. The van der Waals surface area contributed by atoms with Crippen LogP contribution in [-0.2, 0) is 17.9 Å². The Bertz CT molecular complexity index is 622. The number of hydrogen-bond donors (Lipinski definition) is 2. The van der Waals surface area contributed by atoms with Crippen LogP contribution in [0.2, 0.25) is 0 Å². The fraction of sp³-hybridized carbons (Fsp3) is 0.619. The number of carbonyl (C=O) groups is 2. The van der Waals surface area contributed by atoms with E-state index in [1.54, 1.807) is 0 Å². The summed E-state index contributed by atoms with van der Waals surface area (Å²) in [5.41, 5.74) is 2.44. The first-order valence-corrected chi connectivity index (χ1v) is 10.3. The minimum atomic E-state index is -0.211. The third kappa shape index (κ3) is 6.24. The molecule has 2 heterocycles. The highest BCUT2D eigenvalue weighted by atomic mass is 16.2. The van der Waals surface area contributed by atoms with Crippen LogP contribution < -0.4 is 10.6 Å². The Morgan fingerprint density at radius 2 is 1.52 bits per heavy atom. The van der Waals surface area contributed by atoms with Gasteiger partial charge in [-0.2, -0.15) is 0 Å². The van der Waals surface area contributed by atoms with Gasteiger partial charge in [-0.25, -0.2) is 4.79 Å². The van der Waals surface area contributed by atoms with Crippen LogP contribution >= 0.6 is 0 Å². The molecule has 0 atom stereocenters. The van der Waals surface area contributed by atoms with Crippen molar-refractivity contribution in [2.45, 2.75) is 51.6 Å². The summed E-state index contributed by atoms with van der Waals surface area (Å²) in [7, 11) is 0. The van der Waals surface area contributed by atoms with Crippen LogP contribution in [0.3, 0.4) is 0 Å². The molecule has 0 spiro atoms. The van der Waals surface area contributed by atoms with Gasteiger partial charge < -0.3 is 15.5 Å². The average Bonchev–Trinajstić information content (AvgIpc) is 3.23. The van der Waals surface area contributed by atoms with Crippen molar-refractivity contribution in [3.05, 3.63) is 35.4 Å². The van der Waals surface area contributed by atoms with Crippen molar-refractivity contribution >= 4 is 11.9 Å². The number of amides is 3. The van der Waals surface area contributed by atoms with E-state index >= 15 is 0 Å². The number of carbonyl (C=O) groups excluding carboxylic acids is 2. The van der Waals surface area contributed by atoms with Crippen molar-refractivity contribution in [1.82, 2.24) is 20.4 Å². The number of nitrogens with one attached hydrogen (secondary N) is 2. The topological polar surface area (TPSA) is 64.7 Å². The van der Waals surface area contributed by atoms with Gasteiger partial charge in [0.05, 0.1) is 0 Å². The molecule has 3 amide bonds. The van der Waals surface area contributed by atoms with E-state index in [0.717, 1.165) is 51.1 Å². The van der Waals surface area contributed by atoms with Crippen molar-refractivity contribution in [2.75, 3.05) is 32.7 Å². The van der Waals surface area contributed by atoms with Gasteiger partial charge in [0, 0.05) is 39.1 Å². The van der Waals surface area contributed by atoms with E-state index in [9.17, 15) is 9.59 Å². The van der Waals surface area contributed by atoms with Crippen molar-refractivity contribution in [1.29, 1.82) is 0 Å². The Labute approximate surface area is 162 Å². The first-order valence-electron chi connectivity index (χ1n) is 10.3. The lowest BCUT2D eigenvalue weighted by Crippen LogP contribution is -2.38. The van der Waals surface area contributed by atoms with Gasteiger partial charge in [0.15, 0.2) is 0 Å². The van der Waals surface area contributed by atoms with E-state index in [-0.39, 0.29) is 11.9 Å². The smallest absolute Gasteiger partial charge is 0.315 e. The van der Waals surface area contributed by atoms with Crippen LogP contribution in [0.25, 0.3) is 0 Å². The molecule has 2 aliphatic rings. The zero-order chi connectivity index (χ0) is 18.9. The predicted octanol–water partition coefficient (Wildman–Crippen LogP) is 2.48. The van der Waals surface area contributed by atoms with Gasteiger partial charge in [-0.05, 0) is 49.9 Å². The second-order valence-electron chi connectivity index (χ2n) is 7.55. The number of urea groups is 1. The lowest BCUT2D eigenvalue weighted by atomic mass is 10.0. The zero-order valence-corrected chi connectivity index (χ0v) is 16.2. The van der Waals surface area contributed by atoms with Crippen molar-refractivity contribution in [2.24, 2.45) is 0 Å². The first kappa shape index (κ1) is 19.7. The number of nitrogens with zero attached hydrogens (tertiary/aromatic N) is 2. The molecule has 3 rings (SSSR count). The van der Waals surface area contributed by atoms with E-state index in [0.29, 0.717) is 19.5 Å². The molecule has 2 fully saturated rings. The molecule has 2 saturated heterocycles. The van der Waals surface area contributed by atoms with Gasteiger partial charge >= 0.3 is 6.03 Å². The Morgan fingerprint density at radius 1 is 0.852 bits per heavy atom. The predicted molar refractivity (Wildman–Crippen MR) is 106 cm³/mol. The maximum atomic E-state index is 12.1. The molecule has 1 aromatic rings. The molecule has 2 aliphatic heterocycles. The van der Waals surface area contributed by atoms with Crippen LogP contribution in [0.1, 0.15) is 49.7 Å². The van der Waals surface area contributed by atoms with Gasteiger partial charge in [-0.3, -0.25) is 9.69 Å². The Hall–Kier alpha value is -2.08. The van der Waals surface area contributed by atoms with Gasteiger partial charge in [0.1, 0.15) is 0 Å². The number of likely N-dealkylation sites (tertiary alicyclic amines) is 2. The normalized spacial score (nSPS) is 17.7. The summed E-state index contributed by atoms with van der Waals surface area (Å²) >= 11 is 0. The lowest BCUT2D eigenvalue weighted by molar-refractivity contribution is -0.129. The highest BCUT2D eigenvalue weighted by molar-refractivity contribution is 5.78. The average molecular weight is 373 g/mol. The fourth-order valence-electron chi connectivity index (χ4n) is 3.89. The summed E-state index contributed by atoms with van der Waals surface area (Å²) in [6.45, 7) is 5.88. The first-order chi connectivity index (χ1) is 13.2. The third-order valence-corrected chi connectivity index (χ3v) is 5.48. The molecule has 0 aliphatic carbocycles. The van der Waals surface area contributed by atoms with Crippen LogP contribution in [0.5, 0.6) is 0 Å². The Morgan fingerprint density at radius 3 is 2.26 bits per heavy atom. The molecule has 1 aromatic carbocycles. The maximum absolute atomic E-state index is 12.1. The molecular weight excluding hydrogens is 340 g/mol. The molecule has 6 nitrogen and oxygen atoms in total. The molecule has 6 heteroatoms. The van der Waals surface area contributed by atoms with Crippen molar-refractivity contribution < 1.29 is 9.59 Å². The molecule has 0 saturated carbocycles. The largest absolute Gasteiger partial charge is 0.343 e. The summed E-state index contributed by atoms with van der Waals surface area (Å²) < 4.78 is 0. The second-order valence-corrected chi connectivity index (χ2v) is 7.55. The van der Waals surface area contributed by atoms with Crippen molar-refractivity contribution in [3.63, 3.8) is 0 Å².